The molecule has 0 bridgehead atoms. The highest BCUT2D eigenvalue weighted by molar-refractivity contribution is 5.95. The molecule has 0 aliphatic heterocycles. The first kappa shape index (κ1) is 12.1. The smallest absolute Gasteiger partial charge is 0.159 e. The van der Waals surface area contributed by atoms with Crippen LogP contribution in [0.3, 0.4) is 0 Å². The molecule has 0 fully saturated rings. The fraction of sp³-hybridized carbons (Fsp3) is 0.143. The maximum absolute atomic E-state index is 11.1. The fourth-order valence-electron chi connectivity index (χ4n) is 1.33. The zero-order valence-corrected chi connectivity index (χ0v) is 9.60. The van der Waals surface area contributed by atoms with Gasteiger partial charge in [-0.25, -0.2) is 0 Å². The normalized spacial score (nSPS) is 11.8. The molecule has 0 atom stereocenters. The van der Waals surface area contributed by atoms with Crippen molar-refractivity contribution in [3.8, 4) is 0 Å². The molecule has 0 radical (unpaired) electrons. The lowest BCUT2D eigenvalue weighted by Gasteiger charge is -2.02. The van der Waals surface area contributed by atoms with E-state index in [1.54, 1.807) is 26.3 Å². The lowest BCUT2D eigenvalue weighted by atomic mass is 10.0. The van der Waals surface area contributed by atoms with Crippen LogP contribution in [0.15, 0.2) is 48.0 Å². The van der Waals surface area contributed by atoms with Crippen molar-refractivity contribution < 1.29 is 4.79 Å². The van der Waals surface area contributed by atoms with E-state index in [-0.39, 0.29) is 5.78 Å². The fourth-order valence-corrected chi connectivity index (χ4v) is 1.33. The van der Waals surface area contributed by atoms with Crippen molar-refractivity contribution in [3.63, 3.8) is 0 Å². The van der Waals surface area contributed by atoms with Gasteiger partial charge in [0.2, 0.25) is 0 Å². The monoisotopic (exact) mass is 213 g/mol. The minimum atomic E-state index is 0.0748. The van der Waals surface area contributed by atoms with Gasteiger partial charge in [-0.1, -0.05) is 36.9 Å². The Bertz CT molecular complexity index is 438. The van der Waals surface area contributed by atoms with Crippen LogP contribution in [0.1, 0.15) is 22.8 Å². The van der Waals surface area contributed by atoms with Crippen molar-refractivity contribution in [3.05, 3.63) is 54.1 Å². The van der Waals surface area contributed by atoms with E-state index in [4.69, 9.17) is 0 Å². The van der Waals surface area contributed by atoms with Gasteiger partial charge >= 0.3 is 0 Å². The Morgan fingerprint density at radius 2 is 1.81 bits per heavy atom. The molecule has 0 saturated heterocycles. The zero-order valence-electron chi connectivity index (χ0n) is 9.60. The van der Waals surface area contributed by atoms with Crippen LogP contribution in [0.25, 0.3) is 5.57 Å². The topological polar surface area (TPSA) is 29.4 Å². The Morgan fingerprint density at radius 3 is 2.25 bits per heavy atom. The van der Waals surface area contributed by atoms with Gasteiger partial charge in [0.1, 0.15) is 0 Å². The second kappa shape index (κ2) is 5.81. The molecule has 0 heterocycles. The molecular formula is C14H15NO. The number of carbonyl (C=O) groups excluding carboxylic acids is 1. The minimum absolute atomic E-state index is 0.0748. The largest absolute Gasteiger partial charge is 0.296 e. The number of benzene rings is 1. The number of ketones is 1. The summed E-state index contributed by atoms with van der Waals surface area (Å²) in [4.78, 5) is 15.0. The maximum Gasteiger partial charge on any atom is 0.159 e. The molecule has 1 rings (SSSR count). The third-order valence-corrected chi connectivity index (χ3v) is 2.25. The first-order chi connectivity index (χ1) is 7.69. The first-order valence-electron chi connectivity index (χ1n) is 5.05. The molecule has 1 aromatic carbocycles. The first-order valence-corrected chi connectivity index (χ1v) is 5.05. The van der Waals surface area contributed by atoms with E-state index in [2.05, 4.69) is 11.6 Å². The summed E-state index contributed by atoms with van der Waals surface area (Å²) < 4.78 is 0. The third kappa shape index (κ3) is 3.02. The molecule has 16 heavy (non-hydrogen) atoms. The number of carbonyl (C=O) groups is 1. The van der Waals surface area contributed by atoms with Gasteiger partial charge in [0.15, 0.2) is 5.78 Å². The summed E-state index contributed by atoms with van der Waals surface area (Å²) in [6, 6.07) is 7.46. The van der Waals surface area contributed by atoms with Crippen molar-refractivity contribution in [1.82, 2.24) is 0 Å². The summed E-state index contributed by atoms with van der Waals surface area (Å²) in [5, 5.41) is 0. The summed E-state index contributed by atoms with van der Waals surface area (Å²) in [7, 11) is 1.72. The van der Waals surface area contributed by atoms with Crippen molar-refractivity contribution in [2.24, 2.45) is 4.99 Å². The Morgan fingerprint density at radius 1 is 1.25 bits per heavy atom. The van der Waals surface area contributed by atoms with Gasteiger partial charge in [0.25, 0.3) is 0 Å². The van der Waals surface area contributed by atoms with Gasteiger partial charge in [-0.3, -0.25) is 9.79 Å². The summed E-state index contributed by atoms with van der Waals surface area (Å²) in [6.07, 6.45) is 5.37. The van der Waals surface area contributed by atoms with Crippen LogP contribution in [0.2, 0.25) is 0 Å². The van der Waals surface area contributed by atoms with Gasteiger partial charge < -0.3 is 0 Å². The molecular weight excluding hydrogens is 198 g/mol. The maximum atomic E-state index is 11.1. The second-order valence-corrected chi connectivity index (χ2v) is 3.37. The molecule has 0 aromatic heterocycles. The third-order valence-electron chi connectivity index (χ3n) is 2.25. The standard InChI is InChI=1S/C14H15NO/c1-4-12(9-10-15-3)14-7-5-13(6-8-14)11(2)16/h4-10H,1H2,2-3H3/b12-9+,15-10?. The van der Waals surface area contributed by atoms with Crippen LogP contribution >= 0.6 is 0 Å². The average Bonchev–Trinajstić information content (AvgIpc) is 2.30. The molecule has 0 amide bonds. The highest BCUT2D eigenvalue weighted by Crippen LogP contribution is 2.15. The highest BCUT2D eigenvalue weighted by atomic mass is 16.1. The summed E-state index contributed by atoms with van der Waals surface area (Å²) in [6.45, 7) is 5.31. The number of aliphatic imine (C=N–C) groups is 1. The van der Waals surface area contributed by atoms with Crippen molar-refractivity contribution in [2.45, 2.75) is 6.92 Å². The number of nitrogens with zero attached hydrogens (tertiary/aromatic N) is 1. The van der Waals surface area contributed by atoms with Crippen molar-refractivity contribution in [2.75, 3.05) is 7.05 Å². The minimum Gasteiger partial charge on any atom is -0.296 e. The Labute approximate surface area is 96.0 Å². The number of hydrogen-bond acceptors (Lipinski definition) is 2. The number of Topliss-reactive ketones (excluding diaryl/α,β-unsaturated/α-hetero) is 1. The molecule has 0 N–H and O–H groups in total. The van der Waals surface area contributed by atoms with Gasteiger partial charge in [-0.2, -0.15) is 0 Å². The van der Waals surface area contributed by atoms with E-state index in [1.807, 2.05) is 30.3 Å². The van der Waals surface area contributed by atoms with E-state index in [0.29, 0.717) is 0 Å². The summed E-state index contributed by atoms with van der Waals surface area (Å²) in [5.41, 5.74) is 2.73. The van der Waals surface area contributed by atoms with Crippen molar-refractivity contribution in [1.29, 1.82) is 0 Å². The van der Waals surface area contributed by atoms with Gasteiger partial charge in [-0.05, 0) is 24.1 Å². The van der Waals surface area contributed by atoms with Crippen LogP contribution in [-0.4, -0.2) is 19.0 Å². The predicted octanol–water partition coefficient (Wildman–Crippen LogP) is 3.16. The second-order valence-electron chi connectivity index (χ2n) is 3.37. The van der Waals surface area contributed by atoms with Crippen molar-refractivity contribution >= 4 is 17.6 Å². The zero-order chi connectivity index (χ0) is 12.0. The average molecular weight is 213 g/mol. The van der Waals surface area contributed by atoms with Gasteiger partial charge in [-0.15, -0.1) is 0 Å². The molecule has 82 valence electrons. The number of allylic oxidation sites excluding steroid dienone is 3. The highest BCUT2D eigenvalue weighted by Gasteiger charge is 2.00. The Kier molecular flexibility index (Phi) is 4.40. The predicted molar refractivity (Wildman–Crippen MR) is 69.0 cm³/mol. The van der Waals surface area contributed by atoms with Crippen LogP contribution in [0, 0.1) is 0 Å². The Hall–Kier alpha value is -1.96. The van der Waals surface area contributed by atoms with Crippen LogP contribution in [-0.2, 0) is 0 Å². The van der Waals surface area contributed by atoms with E-state index >= 15 is 0 Å². The molecule has 0 saturated carbocycles. The van der Waals surface area contributed by atoms with Gasteiger partial charge in [0, 0.05) is 18.8 Å². The van der Waals surface area contributed by atoms with E-state index < -0.39 is 0 Å². The van der Waals surface area contributed by atoms with Crippen LogP contribution < -0.4 is 0 Å². The number of hydrogen-bond donors (Lipinski definition) is 0. The molecule has 2 nitrogen and oxygen atoms in total. The lowest BCUT2D eigenvalue weighted by molar-refractivity contribution is 0.101. The molecule has 0 unspecified atom stereocenters. The quantitative estimate of drug-likeness (QED) is 0.429. The van der Waals surface area contributed by atoms with E-state index in [0.717, 1.165) is 16.7 Å². The molecule has 0 spiro atoms. The summed E-state index contributed by atoms with van der Waals surface area (Å²) >= 11 is 0. The van der Waals surface area contributed by atoms with Crippen LogP contribution in [0.5, 0.6) is 0 Å². The molecule has 0 aliphatic rings. The van der Waals surface area contributed by atoms with Crippen LogP contribution in [0.4, 0.5) is 0 Å². The molecule has 2 heteroatoms. The van der Waals surface area contributed by atoms with E-state index in [1.165, 1.54) is 0 Å². The van der Waals surface area contributed by atoms with E-state index in [9.17, 15) is 4.79 Å². The molecule has 0 aliphatic carbocycles. The SMILES string of the molecule is C=C/C(=C\C=NC)c1ccc(C(C)=O)cc1. The Balaban J connectivity index is 3.04. The van der Waals surface area contributed by atoms with Gasteiger partial charge in [0.05, 0.1) is 0 Å². The lowest BCUT2D eigenvalue weighted by Crippen LogP contribution is -1.91. The number of rotatable bonds is 4. The summed E-state index contributed by atoms with van der Waals surface area (Å²) in [5.74, 6) is 0.0748. The molecule has 1 aromatic rings.